The number of nitrogens with zero attached hydrogens (tertiary/aromatic N) is 1. The van der Waals surface area contributed by atoms with Crippen LogP contribution in [0, 0.1) is 5.82 Å². The highest BCUT2D eigenvalue weighted by molar-refractivity contribution is 5.29. The van der Waals surface area contributed by atoms with Crippen LogP contribution in [-0.2, 0) is 24.4 Å². The van der Waals surface area contributed by atoms with E-state index in [0.717, 1.165) is 5.56 Å². The zero-order chi connectivity index (χ0) is 14.4. The van der Waals surface area contributed by atoms with Crippen molar-refractivity contribution in [2.75, 3.05) is 13.7 Å². The van der Waals surface area contributed by atoms with E-state index in [1.807, 2.05) is 0 Å². The van der Waals surface area contributed by atoms with E-state index in [1.165, 1.54) is 6.07 Å². The van der Waals surface area contributed by atoms with Gasteiger partial charge in [0.05, 0.1) is 0 Å². The van der Waals surface area contributed by atoms with Crippen LogP contribution in [0.25, 0.3) is 0 Å². The number of benzene rings is 1. The quantitative estimate of drug-likeness (QED) is 0.840. The van der Waals surface area contributed by atoms with Gasteiger partial charge in [0.1, 0.15) is 18.9 Å². The van der Waals surface area contributed by atoms with Crippen molar-refractivity contribution in [2.24, 2.45) is 5.73 Å². The van der Waals surface area contributed by atoms with Crippen molar-refractivity contribution in [3.63, 3.8) is 0 Å². The van der Waals surface area contributed by atoms with Crippen molar-refractivity contribution in [3.8, 4) is 5.75 Å². The predicted octanol–water partition coefficient (Wildman–Crippen LogP) is 2.04. The number of ether oxygens (including phenoxy) is 2. The van der Waals surface area contributed by atoms with Crippen molar-refractivity contribution < 1.29 is 18.4 Å². The lowest BCUT2D eigenvalue weighted by Gasteiger charge is -2.06. The van der Waals surface area contributed by atoms with Crippen molar-refractivity contribution in [1.82, 2.24) is 5.16 Å². The molecule has 5 nitrogen and oxygen atoms in total. The molecule has 6 heteroatoms. The van der Waals surface area contributed by atoms with E-state index >= 15 is 0 Å². The molecule has 0 atom stereocenters. The molecule has 0 fully saturated rings. The average molecular weight is 280 g/mol. The third kappa shape index (κ3) is 3.79. The Bertz CT molecular complexity index is 557. The van der Waals surface area contributed by atoms with Gasteiger partial charge < -0.3 is 19.7 Å². The van der Waals surface area contributed by atoms with E-state index in [2.05, 4.69) is 5.16 Å². The first kappa shape index (κ1) is 14.5. The molecule has 0 unspecified atom stereocenters. The van der Waals surface area contributed by atoms with Crippen molar-refractivity contribution in [3.05, 3.63) is 47.1 Å². The second-order valence-corrected chi connectivity index (χ2v) is 4.31. The molecule has 108 valence electrons. The second kappa shape index (κ2) is 7.02. The molecule has 2 rings (SSSR count). The Morgan fingerprint density at radius 2 is 2.15 bits per heavy atom. The Morgan fingerprint density at radius 1 is 1.30 bits per heavy atom. The first-order chi connectivity index (χ1) is 9.72. The zero-order valence-corrected chi connectivity index (χ0v) is 11.3. The van der Waals surface area contributed by atoms with Crippen LogP contribution in [-0.4, -0.2) is 18.8 Å². The van der Waals surface area contributed by atoms with Gasteiger partial charge >= 0.3 is 0 Å². The molecule has 0 aliphatic heterocycles. The predicted molar refractivity (Wildman–Crippen MR) is 70.7 cm³/mol. The molecule has 0 saturated heterocycles. The Hall–Kier alpha value is -1.92. The molecular weight excluding hydrogens is 263 g/mol. The number of rotatable bonds is 7. The van der Waals surface area contributed by atoms with E-state index in [0.29, 0.717) is 31.0 Å². The van der Waals surface area contributed by atoms with Gasteiger partial charge in [-0.15, -0.1) is 0 Å². The van der Waals surface area contributed by atoms with Crippen LogP contribution in [0.1, 0.15) is 17.0 Å². The minimum absolute atomic E-state index is 0.139. The summed E-state index contributed by atoms with van der Waals surface area (Å²) in [5.41, 5.74) is 6.86. The molecule has 20 heavy (non-hydrogen) atoms. The lowest BCUT2D eigenvalue weighted by atomic mass is 10.1. The number of nitrogens with two attached hydrogens (primary N) is 1. The average Bonchev–Trinajstić information content (AvgIpc) is 2.86. The highest BCUT2D eigenvalue weighted by Crippen LogP contribution is 2.20. The summed E-state index contributed by atoms with van der Waals surface area (Å²) in [5.74, 6) is 0.378. The minimum atomic E-state index is -0.406. The maximum absolute atomic E-state index is 13.8. The van der Waals surface area contributed by atoms with Crippen molar-refractivity contribution in [2.45, 2.75) is 19.6 Å². The van der Waals surface area contributed by atoms with E-state index in [-0.39, 0.29) is 12.4 Å². The Morgan fingerprint density at radius 3 is 2.85 bits per heavy atom. The van der Waals surface area contributed by atoms with E-state index in [4.69, 9.17) is 19.7 Å². The molecule has 2 N–H and O–H groups in total. The fourth-order valence-corrected chi connectivity index (χ4v) is 1.77. The summed E-state index contributed by atoms with van der Waals surface area (Å²) in [6, 6.07) is 6.53. The molecule has 0 saturated carbocycles. The van der Waals surface area contributed by atoms with Gasteiger partial charge in [-0.05, 0) is 30.7 Å². The van der Waals surface area contributed by atoms with Gasteiger partial charge in [-0.2, -0.15) is 0 Å². The van der Waals surface area contributed by atoms with Gasteiger partial charge in [-0.1, -0.05) is 11.2 Å². The lowest BCUT2D eigenvalue weighted by molar-refractivity contribution is 0.155. The third-order valence-electron chi connectivity index (χ3n) is 2.70. The molecule has 0 radical (unpaired) electrons. The molecule has 1 heterocycles. The molecule has 0 aliphatic carbocycles. The van der Waals surface area contributed by atoms with Gasteiger partial charge in [-0.25, -0.2) is 4.39 Å². The minimum Gasteiger partial charge on any atom is -0.484 e. The second-order valence-electron chi connectivity index (χ2n) is 4.31. The normalized spacial score (nSPS) is 10.8. The number of hydrogen-bond donors (Lipinski definition) is 1. The largest absolute Gasteiger partial charge is 0.484 e. The smallest absolute Gasteiger partial charge is 0.165 e. The molecule has 1 aromatic heterocycles. The molecule has 0 spiro atoms. The van der Waals surface area contributed by atoms with Crippen LogP contribution < -0.4 is 10.5 Å². The van der Waals surface area contributed by atoms with Crippen LogP contribution in [0.15, 0.2) is 28.8 Å². The molecule has 0 amide bonds. The molecule has 0 aliphatic rings. The van der Waals surface area contributed by atoms with Crippen LogP contribution in [0.4, 0.5) is 4.39 Å². The van der Waals surface area contributed by atoms with Crippen molar-refractivity contribution in [1.29, 1.82) is 0 Å². The number of hydrogen-bond acceptors (Lipinski definition) is 5. The lowest BCUT2D eigenvalue weighted by Crippen LogP contribution is -2.03. The summed E-state index contributed by atoms with van der Waals surface area (Å²) in [6.07, 6.45) is 0.640. The van der Waals surface area contributed by atoms with Crippen LogP contribution in [0.5, 0.6) is 5.75 Å². The SMILES string of the molecule is COCc1cc(COc2ccc(CCN)cc2F)no1. The Kier molecular flexibility index (Phi) is 5.09. The van der Waals surface area contributed by atoms with E-state index in [9.17, 15) is 4.39 Å². The maximum atomic E-state index is 13.8. The van der Waals surface area contributed by atoms with Crippen LogP contribution >= 0.6 is 0 Å². The number of methoxy groups -OCH3 is 1. The standard InChI is InChI=1S/C14H17FN2O3/c1-18-9-12-7-11(17-20-12)8-19-14-3-2-10(4-5-16)6-13(14)15/h2-3,6-7H,4-5,8-9,16H2,1H3. The number of halogens is 1. The summed E-state index contributed by atoms with van der Waals surface area (Å²) in [4.78, 5) is 0. The summed E-state index contributed by atoms with van der Waals surface area (Å²) in [7, 11) is 1.57. The van der Waals surface area contributed by atoms with Gasteiger partial charge in [0.25, 0.3) is 0 Å². The van der Waals surface area contributed by atoms with Gasteiger partial charge in [0.15, 0.2) is 17.3 Å². The van der Waals surface area contributed by atoms with Crippen LogP contribution in [0.2, 0.25) is 0 Å². The molecular formula is C14H17FN2O3. The van der Waals surface area contributed by atoms with Gasteiger partial charge in [0.2, 0.25) is 0 Å². The zero-order valence-electron chi connectivity index (χ0n) is 11.3. The molecule has 0 bridgehead atoms. The summed E-state index contributed by atoms with van der Waals surface area (Å²) >= 11 is 0. The van der Waals surface area contributed by atoms with E-state index in [1.54, 1.807) is 25.3 Å². The van der Waals surface area contributed by atoms with Gasteiger partial charge in [0, 0.05) is 13.2 Å². The first-order valence-electron chi connectivity index (χ1n) is 6.27. The molecule has 1 aromatic carbocycles. The third-order valence-corrected chi connectivity index (χ3v) is 2.70. The Labute approximate surface area is 116 Å². The monoisotopic (exact) mass is 280 g/mol. The summed E-state index contributed by atoms with van der Waals surface area (Å²) in [6.45, 7) is 0.969. The van der Waals surface area contributed by atoms with Crippen LogP contribution in [0.3, 0.4) is 0 Å². The Balaban J connectivity index is 1.95. The highest BCUT2D eigenvalue weighted by atomic mass is 19.1. The first-order valence-corrected chi connectivity index (χ1v) is 6.27. The summed E-state index contributed by atoms with van der Waals surface area (Å²) in [5, 5.41) is 3.81. The summed E-state index contributed by atoms with van der Waals surface area (Å²) < 4.78 is 29.1. The fourth-order valence-electron chi connectivity index (χ4n) is 1.77. The van der Waals surface area contributed by atoms with E-state index < -0.39 is 5.82 Å². The van der Waals surface area contributed by atoms with Crippen molar-refractivity contribution >= 4 is 0 Å². The maximum Gasteiger partial charge on any atom is 0.165 e. The molecule has 2 aromatic rings. The topological polar surface area (TPSA) is 70.5 Å². The highest BCUT2D eigenvalue weighted by Gasteiger charge is 2.08. The van der Waals surface area contributed by atoms with Gasteiger partial charge in [-0.3, -0.25) is 0 Å². The number of aromatic nitrogens is 1. The fraction of sp³-hybridized carbons (Fsp3) is 0.357.